The molecule has 2 amide bonds. The van der Waals surface area contributed by atoms with Crippen molar-refractivity contribution in [3.05, 3.63) is 29.8 Å². The van der Waals surface area contributed by atoms with Crippen LogP contribution in [0.25, 0.3) is 0 Å². The number of rotatable bonds is 6. The van der Waals surface area contributed by atoms with E-state index in [0.717, 1.165) is 38.8 Å². The smallest absolute Gasteiger partial charge is 0.478 e. The Bertz CT molecular complexity index is 1190. The molecule has 0 bridgehead atoms. The van der Waals surface area contributed by atoms with Crippen molar-refractivity contribution in [3.63, 3.8) is 0 Å². The van der Waals surface area contributed by atoms with Crippen molar-refractivity contribution in [2.45, 2.75) is 69.4 Å². The number of carbonyl (C=O) groups is 5. The molecule has 258 valence electrons. The molecule has 0 aromatic heterocycles. The molecule has 12 nitrogen and oxygen atoms in total. The molecule has 3 fully saturated rings. The van der Waals surface area contributed by atoms with Crippen LogP contribution in [0.3, 0.4) is 0 Å². The van der Waals surface area contributed by atoms with Crippen LogP contribution in [0.1, 0.15) is 55.3 Å². The van der Waals surface area contributed by atoms with Crippen LogP contribution in [-0.2, 0) is 19.2 Å². The minimum absolute atomic E-state index is 0.0275. The van der Waals surface area contributed by atoms with Crippen molar-refractivity contribution >= 4 is 35.4 Å². The van der Waals surface area contributed by atoms with Crippen LogP contribution in [0.15, 0.2) is 24.3 Å². The molecular weight excluding hydrogens is 634 g/mol. The number of nitrogens with zero attached hydrogens (tertiary/aromatic N) is 2. The highest BCUT2D eigenvalue weighted by molar-refractivity contribution is 5.98. The number of likely N-dealkylation sites (tertiary alicyclic amines) is 2. The summed E-state index contributed by atoms with van der Waals surface area (Å²) in [6, 6.07) is 5.84. The van der Waals surface area contributed by atoms with E-state index in [1.54, 1.807) is 12.1 Å². The first kappa shape index (κ1) is 38.3. The van der Waals surface area contributed by atoms with Crippen molar-refractivity contribution in [1.29, 1.82) is 0 Å². The van der Waals surface area contributed by atoms with Crippen LogP contribution >= 0.6 is 0 Å². The number of nitrogens with one attached hydrogen (secondary N) is 1. The van der Waals surface area contributed by atoms with Crippen molar-refractivity contribution < 1.29 is 65.6 Å². The van der Waals surface area contributed by atoms with Gasteiger partial charge in [-0.15, -0.1) is 0 Å². The number of benzene rings is 1. The van der Waals surface area contributed by atoms with Crippen LogP contribution in [0, 0.1) is 11.8 Å². The van der Waals surface area contributed by atoms with E-state index in [-0.39, 0.29) is 29.3 Å². The van der Waals surface area contributed by atoms with E-state index in [2.05, 4.69) is 10.2 Å². The Morgan fingerprint density at radius 2 is 1.30 bits per heavy atom. The third kappa shape index (κ3) is 11.5. The van der Waals surface area contributed by atoms with Gasteiger partial charge in [0.05, 0.1) is 5.56 Å². The van der Waals surface area contributed by atoms with Crippen LogP contribution < -0.4 is 11.1 Å². The van der Waals surface area contributed by atoms with Crippen LogP contribution in [0.4, 0.5) is 32.0 Å². The lowest BCUT2D eigenvalue weighted by atomic mass is 9.81. The fourth-order valence-electron chi connectivity index (χ4n) is 5.48. The molecule has 0 unspecified atom stereocenters. The van der Waals surface area contributed by atoms with Gasteiger partial charge >= 0.3 is 30.3 Å². The normalized spacial score (nSPS) is 23.3. The van der Waals surface area contributed by atoms with E-state index >= 15 is 0 Å². The monoisotopic (exact) mass is 670 g/mol. The molecule has 2 heterocycles. The summed E-state index contributed by atoms with van der Waals surface area (Å²) < 4.78 is 63.5. The Balaban J connectivity index is 0.000000440. The number of aliphatic carboxylic acids is 2. The number of halogens is 6. The standard InChI is InChI=1S/C24H34N4O4.2C2HF3O2/c25-14-16-3-5-17(6-4-16)23(30)28-15-20(27-11-1-2-12-27)13-21(28)22(29)26-19-9-7-18(8-10-19)24(31)32;2*3-2(4,5)1(6)7/h7-10,16-17,20-21H,1-6,11-15,25H2,(H,26,29)(H,31,32);2*(H,6,7)/t16-,17-,20-,21-;;/m0../s1. The third-order valence-corrected chi connectivity index (χ3v) is 7.94. The number of amides is 2. The van der Waals surface area contributed by atoms with Gasteiger partial charge < -0.3 is 31.3 Å². The number of anilines is 1. The number of aromatic carboxylic acids is 1. The number of carboxylic acids is 3. The second-order valence-corrected chi connectivity index (χ2v) is 11.1. The van der Waals surface area contributed by atoms with Gasteiger partial charge in [0.1, 0.15) is 6.04 Å². The molecule has 3 aliphatic rings. The van der Waals surface area contributed by atoms with Gasteiger partial charge in [-0.05, 0) is 94.8 Å². The number of alkyl halides is 6. The summed E-state index contributed by atoms with van der Waals surface area (Å²) in [7, 11) is 0. The van der Waals surface area contributed by atoms with E-state index in [1.807, 2.05) is 4.90 Å². The predicted molar refractivity (Wildman–Crippen MR) is 149 cm³/mol. The molecule has 0 spiro atoms. The number of nitrogens with two attached hydrogens (primary N) is 1. The van der Waals surface area contributed by atoms with Gasteiger partial charge in [-0.2, -0.15) is 26.3 Å². The second kappa shape index (κ2) is 16.6. The Hall–Kier alpha value is -3.93. The average molecular weight is 671 g/mol. The Morgan fingerprint density at radius 1 is 0.826 bits per heavy atom. The molecule has 6 N–H and O–H groups in total. The number of carboxylic acid groups (broad SMARTS) is 3. The highest BCUT2D eigenvalue weighted by atomic mass is 19.4. The maximum Gasteiger partial charge on any atom is 0.490 e. The zero-order chi connectivity index (χ0) is 34.8. The fourth-order valence-corrected chi connectivity index (χ4v) is 5.48. The average Bonchev–Trinajstić information content (AvgIpc) is 3.68. The minimum Gasteiger partial charge on any atom is -0.478 e. The summed E-state index contributed by atoms with van der Waals surface area (Å²) in [4.78, 5) is 59.8. The lowest BCUT2D eigenvalue weighted by Crippen LogP contribution is -2.46. The Morgan fingerprint density at radius 3 is 1.72 bits per heavy atom. The van der Waals surface area contributed by atoms with E-state index in [9.17, 15) is 40.7 Å². The molecule has 46 heavy (non-hydrogen) atoms. The predicted octanol–water partition coefficient (Wildman–Crippen LogP) is 3.42. The third-order valence-electron chi connectivity index (χ3n) is 7.94. The van der Waals surface area contributed by atoms with Gasteiger partial charge in [0.2, 0.25) is 11.8 Å². The first-order chi connectivity index (χ1) is 21.3. The minimum atomic E-state index is -5.08. The second-order valence-electron chi connectivity index (χ2n) is 11.1. The molecule has 1 aromatic rings. The molecule has 0 radical (unpaired) electrons. The van der Waals surface area contributed by atoms with E-state index in [0.29, 0.717) is 31.1 Å². The van der Waals surface area contributed by atoms with Crippen LogP contribution in [-0.4, -0.2) is 105 Å². The molecular formula is C28H36F6N4O8. The maximum absolute atomic E-state index is 13.5. The molecule has 2 saturated heterocycles. The maximum atomic E-state index is 13.5. The van der Waals surface area contributed by atoms with Crippen LogP contribution in [0.2, 0.25) is 0 Å². The molecule has 1 aliphatic carbocycles. The summed E-state index contributed by atoms with van der Waals surface area (Å²) in [5.41, 5.74) is 6.52. The Labute approximate surface area is 259 Å². The molecule has 2 atom stereocenters. The van der Waals surface area contributed by atoms with Crippen molar-refractivity contribution in [1.82, 2.24) is 9.80 Å². The van der Waals surface area contributed by atoms with Gasteiger partial charge in [-0.3, -0.25) is 14.5 Å². The van der Waals surface area contributed by atoms with Gasteiger partial charge in [0.15, 0.2) is 0 Å². The molecule has 2 aliphatic heterocycles. The van der Waals surface area contributed by atoms with Crippen molar-refractivity contribution in [3.8, 4) is 0 Å². The van der Waals surface area contributed by atoms with E-state index in [4.69, 9.17) is 30.6 Å². The molecule has 18 heteroatoms. The lowest BCUT2D eigenvalue weighted by Gasteiger charge is -2.32. The zero-order valence-electron chi connectivity index (χ0n) is 24.5. The van der Waals surface area contributed by atoms with Crippen molar-refractivity contribution in [2.75, 3.05) is 31.5 Å². The van der Waals surface area contributed by atoms with Crippen molar-refractivity contribution in [2.24, 2.45) is 17.6 Å². The SMILES string of the molecule is NC[C@H]1CC[C@H](C(=O)N2C[C@@H](N3CCCC3)C[C@H]2C(=O)Nc2ccc(C(=O)O)cc2)CC1.O=C(O)C(F)(F)F.O=C(O)C(F)(F)F. The number of carbonyl (C=O) groups excluding carboxylic acids is 2. The quantitative estimate of drug-likeness (QED) is 0.281. The summed E-state index contributed by atoms with van der Waals surface area (Å²) >= 11 is 0. The largest absolute Gasteiger partial charge is 0.490 e. The Kier molecular flexibility index (Phi) is 13.8. The highest BCUT2D eigenvalue weighted by Crippen LogP contribution is 2.33. The van der Waals surface area contributed by atoms with Gasteiger partial charge in [0, 0.05) is 24.2 Å². The molecule has 1 saturated carbocycles. The zero-order valence-corrected chi connectivity index (χ0v) is 24.5. The highest BCUT2D eigenvalue weighted by Gasteiger charge is 2.44. The first-order valence-electron chi connectivity index (χ1n) is 14.3. The fraction of sp³-hybridized carbons (Fsp3) is 0.607. The van der Waals surface area contributed by atoms with E-state index < -0.39 is 36.3 Å². The summed E-state index contributed by atoms with van der Waals surface area (Å²) in [6.45, 7) is 3.33. The number of hydrogen-bond acceptors (Lipinski definition) is 7. The van der Waals surface area contributed by atoms with Gasteiger partial charge in [-0.25, -0.2) is 14.4 Å². The van der Waals surface area contributed by atoms with Gasteiger partial charge in [0.25, 0.3) is 0 Å². The summed E-state index contributed by atoms with van der Waals surface area (Å²) in [6.07, 6.45) is -3.55. The molecule has 1 aromatic carbocycles. The number of hydrogen-bond donors (Lipinski definition) is 5. The van der Waals surface area contributed by atoms with E-state index in [1.165, 1.54) is 25.0 Å². The topological polar surface area (TPSA) is 191 Å². The lowest BCUT2D eigenvalue weighted by molar-refractivity contribution is -0.193. The summed E-state index contributed by atoms with van der Waals surface area (Å²) in [5.74, 6) is -6.14. The molecule has 4 rings (SSSR count). The first-order valence-corrected chi connectivity index (χ1v) is 14.3. The van der Waals surface area contributed by atoms with Gasteiger partial charge in [-0.1, -0.05) is 0 Å². The van der Waals surface area contributed by atoms with Crippen LogP contribution in [0.5, 0.6) is 0 Å². The summed E-state index contributed by atoms with van der Waals surface area (Å²) in [5, 5.41) is 26.2.